The van der Waals surface area contributed by atoms with Gasteiger partial charge in [0.05, 0.1) is 17.2 Å². The molecule has 0 spiro atoms. The topological polar surface area (TPSA) is 27.1 Å². The molecule has 1 aromatic carbocycles. The van der Waals surface area contributed by atoms with Gasteiger partial charge < -0.3 is 17.7 Å². The molecule has 9 heteroatoms. The minimum absolute atomic E-state index is 0. The number of aromatic nitrogens is 2. The standard InChI is InChI=1S/C14H16BF4N2O.K/c1-3-10-7-11(21(4-2)20-10)9-22-12-5-6-13(14(16)8-12)15(17,18)19;/h5-8H,3-4,9H2,1-2H3;/q-1;+1. The van der Waals surface area contributed by atoms with E-state index in [0.717, 1.165) is 29.9 Å². The maximum Gasteiger partial charge on any atom is 1.00 e. The Bertz CT molecular complexity index is 661. The average molecular weight is 354 g/mol. The van der Waals surface area contributed by atoms with Gasteiger partial charge in [-0.05, 0) is 25.5 Å². The van der Waals surface area contributed by atoms with Gasteiger partial charge in [0.15, 0.2) is 0 Å². The zero-order chi connectivity index (χ0) is 16.3. The van der Waals surface area contributed by atoms with Gasteiger partial charge in [-0.1, -0.05) is 18.5 Å². The third-order valence-electron chi connectivity index (χ3n) is 3.29. The Morgan fingerprint density at radius 1 is 1.17 bits per heavy atom. The van der Waals surface area contributed by atoms with Gasteiger partial charge in [-0.2, -0.15) is 5.10 Å². The number of rotatable bonds is 6. The maximum absolute atomic E-state index is 13.5. The molecule has 0 radical (unpaired) electrons. The van der Waals surface area contributed by atoms with Gasteiger partial charge in [-0.25, -0.2) is 4.39 Å². The van der Waals surface area contributed by atoms with Crippen molar-refractivity contribution in [3.63, 3.8) is 0 Å². The number of hydrogen-bond donors (Lipinski definition) is 0. The first-order chi connectivity index (χ1) is 10.3. The summed E-state index contributed by atoms with van der Waals surface area (Å²) in [5.41, 5.74) is 0.463. The van der Waals surface area contributed by atoms with Crippen LogP contribution in [0.15, 0.2) is 24.3 Å². The molecule has 23 heavy (non-hydrogen) atoms. The molecule has 0 saturated heterocycles. The van der Waals surface area contributed by atoms with Crippen LogP contribution in [-0.4, -0.2) is 16.8 Å². The Morgan fingerprint density at radius 2 is 1.87 bits per heavy atom. The number of aryl methyl sites for hydroxylation is 2. The number of halogens is 4. The largest absolute Gasteiger partial charge is 1.00 e. The summed E-state index contributed by atoms with van der Waals surface area (Å²) in [6.07, 6.45) is 0.775. The quantitative estimate of drug-likeness (QED) is 0.549. The fraction of sp³-hybridized carbons (Fsp3) is 0.357. The van der Waals surface area contributed by atoms with E-state index in [1.807, 2.05) is 19.9 Å². The van der Waals surface area contributed by atoms with Crippen LogP contribution in [0.2, 0.25) is 0 Å². The number of ether oxygens (including phenoxy) is 1. The number of nitrogens with zero attached hydrogens (tertiary/aromatic N) is 2. The summed E-state index contributed by atoms with van der Waals surface area (Å²) in [5.74, 6) is -1.26. The predicted octanol–water partition coefficient (Wildman–Crippen LogP) is 0.242. The van der Waals surface area contributed by atoms with Crippen molar-refractivity contribution < 1.29 is 73.5 Å². The molecule has 0 aliphatic heterocycles. The SMILES string of the molecule is CCc1cc(COc2ccc([B-](F)(F)F)c(F)c2)n(CC)n1.[K+]. The molecule has 0 fully saturated rings. The van der Waals surface area contributed by atoms with Crippen LogP contribution in [0, 0.1) is 5.82 Å². The van der Waals surface area contributed by atoms with Gasteiger partial charge in [0.1, 0.15) is 12.4 Å². The van der Waals surface area contributed by atoms with Gasteiger partial charge in [0.25, 0.3) is 0 Å². The van der Waals surface area contributed by atoms with Crippen LogP contribution < -0.4 is 61.6 Å². The fourth-order valence-electron chi connectivity index (χ4n) is 2.10. The monoisotopic (exact) mass is 354 g/mol. The van der Waals surface area contributed by atoms with E-state index >= 15 is 0 Å². The molecule has 0 amide bonds. The molecule has 2 aromatic rings. The number of benzene rings is 1. The normalized spacial score (nSPS) is 11.2. The Balaban J connectivity index is 0.00000264. The smallest absolute Gasteiger partial charge is 0.487 e. The summed E-state index contributed by atoms with van der Waals surface area (Å²) in [6, 6.07) is 4.46. The Kier molecular flexibility index (Phi) is 7.79. The molecule has 1 aromatic heterocycles. The first-order valence-corrected chi connectivity index (χ1v) is 7.03. The summed E-state index contributed by atoms with van der Waals surface area (Å²) >= 11 is 0. The van der Waals surface area contributed by atoms with E-state index < -0.39 is 18.3 Å². The molecule has 1 heterocycles. The first kappa shape index (κ1) is 20.7. The maximum atomic E-state index is 13.5. The second-order valence-corrected chi connectivity index (χ2v) is 4.84. The third kappa shape index (κ3) is 5.32. The zero-order valence-electron chi connectivity index (χ0n) is 13.3. The molecule has 0 aliphatic rings. The van der Waals surface area contributed by atoms with E-state index in [4.69, 9.17) is 4.74 Å². The minimum atomic E-state index is -5.36. The van der Waals surface area contributed by atoms with Crippen molar-refractivity contribution in [3.8, 4) is 5.75 Å². The van der Waals surface area contributed by atoms with Gasteiger partial charge >= 0.3 is 58.4 Å². The molecule has 0 atom stereocenters. The second kappa shape index (κ2) is 8.66. The summed E-state index contributed by atoms with van der Waals surface area (Å²) < 4.78 is 58.2. The predicted molar refractivity (Wildman–Crippen MR) is 76.7 cm³/mol. The average Bonchev–Trinajstić information content (AvgIpc) is 2.86. The molecule has 3 nitrogen and oxygen atoms in total. The van der Waals surface area contributed by atoms with Gasteiger partial charge in [0, 0.05) is 12.6 Å². The zero-order valence-corrected chi connectivity index (χ0v) is 16.4. The van der Waals surface area contributed by atoms with Gasteiger partial charge in [0.2, 0.25) is 0 Å². The van der Waals surface area contributed by atoms with E-state index in [2.05, 4.69) is 5.10 Å². The van der Waals surface area contributed by atoms with E-state index in [1.165, 1.54) is 0 Å². The van der Waals surface area contributed by atoms with Crippen LogP contribution in [-0.2, 0) is 19.6 Å². The molecular weight excluding hydrogens is 338 g/mol. The van der Waals surface area contributed by atoms with Crippen LogP contribution in [0.1, 0.15) is 25.2 Å². The van der Waals surface area contributed by atoms with Crippen molar-refractivity contribution in [2.75, 3.05) is 0 Å². The van der Waals surface area contributed by atoms with Gasteiger partial charge in [-0.15, -0.1) is 0 Å². The van der Waals surface area contributed by atoms with Crippen LogP contribution in [0.25, 0.3) is 0 Å². The fourth-order valence-corrected chi connectivity index (χ4v) is 2.10. The molecule has 0 unspecified atom stereocenters. The van der Waals surface area contributed by atoms with Crippen LogP contribution in [0.3, 0.4) is 0 Å². The van der Waals surface area contributed by atoms with E-state index in [-0.39, 0.29) is 63.7 Å². The Morgan fingerprint density at radius 3 is 2.39 bits per heavy atom. The Labute approximate surface area is 174 Å². The minimum Gasteiger partial charge on any atom is -0.487 e. The summed E-state index contributed by atoms with van der Waals surface area (Å²) in [7, 11) is 0. The van der Waals surface area contributed by atoms with Crippen molar-refractivity contribution >= 4 is 12.4 Å². The van der Waals surface area contributed by atoms with Crippen LogP contribution in [0.4, 0.5) is 17.3 Å². The number of hydrogen-bond acceptors (Lipinski definition) is 2. The first-order valence-electron chi connectivity index (χ1n) is 7.03. The van der Waals surface area contributed by atoms with Crippen molar-refractivity contribution in [1.29, 1.82) is 0 Å². The van der Waals surface area contributed by atoms with Crippen molar-refractivity contribution in [2.24, 2.45) is 0 Å². The summed E-state index contributed by atoms with van der Waals surface area (Å²) in [5, 5.41) is 4.34. The molecule has 2 rings (SSSR count). The summed E-state index contributed by atoms with van der Waals surface area (Å²) in [4.78, 5) is 0. The molecule has 120 valence electrons. The third-order valence-corrected chi connectivity index (χ3v) is 3.29. The van der Waals surface area contributed by atoms with Crippen molar-refractivity contribution in [2.45, 2.75) is 33.4 Å². The molecule has 0 saturated carbocycles. The van der Waals surface area contributed by atoms with E-state index in [0.29, 0.717) is 12.6 Å². The molecule has 0 N–H and O–H groups in total. The molecule has 0 bridgehead atoms. The molecule has 0 aliphatic carbocycles. The second-order valence-electron chi connectivity index (χ2n) is 4.84. The van der Waals surface area contributed by atoms with Crippen LogP contribution >= 0.6 is 0 Å². The van der Waals surface area contributed by atoms with E-state index in [9.17, 15) is 17.3 Å². The van der Waals surface area contributed by atoms with E-state index in [1.54, 1.807) is 4.68 Å². The van der Waals surface area contributed by atoms with Crippen molar-refractivity contribution in [3.05, 3.63) is 41.5 Å². The van der Waals surface area contributed by atoms with Crippen molar-refractivity contribution in [1.82, 2.24) is 9.78 Å². The summed E-state index contributed by atoms with van der Waals surface area (Å²) in [6.45, 7) is -0.681. The van der Waals surface area contributed by atoms with Gasteiger partial charge in [-0.3, -0.25) is 4.68 Å². The Hall–Kier alpha value is -0.349. The van der Waals surface area contributed by atoms with Crippen LogP contribution in [0.5, 0.6) is 5.75 Å². The molecular formula is C14H16BF4KN2O.